The molecule has 1 fully saturated rings. The number of anilines is 2. The molecule has 6 nitrogen and oxygen atoms in total. The summed E-state index contributed by atoms with van der Waals surface area (Å²) in [6, 6.07) is 25.7. The fourth-order valence-corrected chi connectivity index (χ4v) is 6.14. The molecule has 0 aromatic heterocycles. The smallest absolute Gasteiger partial charge is 0.270 e. The molecular weight excluding hydrogens is 674 g/mol. The second-order valence-electron chi connectivity index (χ2n) is 8.84. The van der Waals surface area contributed by atoms with Crippen LogP contribution >= 0.6 is 46.6 Å². The van der Waals surface area contributed by atoms with Crippen molar-refractivity contribution in [2.45, 2.75) is 6.61 Å². The summed E-state index contributed by atoms with van der Waals surface area (Å²) < 4.78 is 26.0. The summed E-state index contributed by atoms with van der Waals surface area (Å²) in [5, 5.41) is 2.72. The lowest BCUT2D eigenvalue weighted by molar-refractivity contribution is -0.113. The van der Waals surface area contributed by atoms with Crippen molar-refractivity contribution in [2.24, 2.45) is 0 Å². The zero-order chi connectivity index (χ0) is 28.9. The van der Waals surface area contributed by atoms with Crippen LogP contribution in [0.1, 0.15) is 21.5 Å². The summed E-state index contributed by atoms with van der Waals surface area (Å²) in [5.74, 6) is 0.0878. The SMILES string of the molecule is COc1cc(/C=C2/SC(=S)N(c3cccc(C(=O)Nc4ccc(F)cc4)c3)C2=O)cc(I)c1OCc1ccccc1. The van der Waals surface area contributed by atoms with Gasteiger partial charge in [-0.25, -0.2) is 4.39 Å². The van der Waals surface area contributed by atoms with Gasteiger partial charge in [0.15, 0.2) is 15.8 Å². The van der Waals surface area contributed by atoms with Gasteiger partial charge >= 0.3 is 0 Å². The van der Waals surface area contributed by atoms with E-state index in [4.69, 9.17) is 21.7 Å². The molecule has 0 spiro atoms. The second-order valence-corrected chi connectivity index (χ2v) is 11.7. The molecule has 0 saturated carbocycles. The number of benzene rings is 4. The van der Waals surface area contributed by atoms with E-state index in [0.29, 0.717) is 44.3 Å². The normalized spacial score (nSPS) is 13.9. The first-order chi connectivity index (χ1) is 19.8. The van der Waals surface area contributed by atoms with Gasteiger partial charge in [-0.15, -0.1) is 0 Å². The van der Waals surface area contributed by atoms with Crippen molar-refractivity contribution in [1.29, 1.82) is 0 Å². The Morgan fingerprint density at radius 2 is 1.80 bits per heavy atom. The van der Waals surface area contributed by atoms with E-state index < -0.39 is 11.7 Å². The van der Waals surface area contributed by atoms with E-state index in [2.05, 4.69) is 27.9 Å². The quantitative estimate of drug-likeness (QED) is 0.116. The molecule has 0 atom stereocenters. The molecule has 10 heteroatoms. The minimum Gasteiger partial charge on any atom is -0.493 e. The first-order valence-corrected chi connectivity index (χ1v) is 14.6. The summed E-state index contributed by atoms with van der Waals surface area (Å²) in [6.45, 7) is 0.395. The van der Waals surface area contributed by atoms with Gasteiger partial charge in [-0.2, -0.15) is 0 Å². The molecule has 1 aliphatic heterocycles. The van der Waals surface area contributed by atoms with Crippen molar-refractivity contribution < 1.29 is 23.5 Å². The average Bonchev–Trinajstić information content (AvgIpc) is 3.25. The molecular formula is C31H22FIN2O4S2. The first-order valence-electron chi connectivity index (χ1n) is 12.3. The summed E-state index contributed by atoms with van der Waals surface area (Å²) in [7, 11) is 1.57. The number of nitrogens with zero attached hydrogens (tertiary/aromatic N) is 1. The van der Waals surface area contributed by atoms with Crippen LogP contribution in [0.5, 0.6) is 11.5 Å². The molecule has 1 N–H and O–H groups in total. The third kappa shape index (κ3) is 6.77. The van der Waals surface area contributed by atoms with E-state index >= 15 is 0 Å². The zero-order valence-corrected chi connectivity index (χ0v) is 25.4. The molecule has 0 bridgehead atoms. The Kier molecular flexibility index (Phi) is 9.01. The molecule has 5 rings (SSSR count). The molecule has 41 heavy (non-hydrogen) atoms. The predicted octanol–water partition coefficient (Wildman–Crippen LogP) is 7.68. The number of carbonyl (C=O) groups is 2. The Balaban J connectivity index is 1.34. The number of halogens is 2. The number of hydrogen-bond acceptors (Lipinski definition) is 6. The molecule has 0 radical (unpaired) electrons. The van der Waals surface area contributed by atoms with Crippen LogP contribution in [0.4, 0.5) is 15.8 Å². The second kappa shape index (κ2) is 12.8. The van der Waals surface area contributed by atoms with E-state index in [-0.39, 0.29) is 5.91 Å². The average molecular weight is 697 g/mol. The van der Waals surface area contributed by atoms with Crippen LogP contribution in [0.2, 0.25) is 0 Å². The first kappa shape index (κ1) is 28.8. The van der Waals surface area contributed by atoms with Gasteiger partial charge in [0.2, 0.25) is 0 Å². The highest BCUT2D eigenvalue weighted by atomic mass is 127. The number of thioether (sulfide) groups is 1. The van der Waals surface area contributed by atoms with Crippen LogP contribution in [0.25, 0.3) is 6.08 Å². The molecule has 1 aliphatic rings. The minimum absolute atomic E-state index is 0.297. The van der Waals surface area contributed by atoms with Crippen LogP contribution in [-0.2, 0) is 11.4 Å². The third-order valence-electron chi connectivity index (χ3n) is 6.04. The molecule has 2 amide bonds. The lowest BCUT2D eigenvalue weighted by Crippen LogP contribution is -2.27. The molecule has 0 aliphatic carbocycles. The zero-order valence-electron chi connectivity index (χ0n) is 21.6. The van der Waals surface area contributed by atoms with Gasteiger partial charge < -0.3 is 14.8 Å². The topological polar surface area (TPSA) is 67.9 Å². The molecule has 4 aromatic rings. The fraction of sp³-hybridized carbons (Fsp3) is 0.0645. The number of hydrogen-bond donors (Lipinski definition) is 1. The van der Waals surface area contributed by atoms with E-state index in [1.54, 1.807) is 37.5 Å². The number of ether oxygens (including phenoxy) is 2. The van der Waals surface area contributed by atoms with Crippen LogP contribution in [0.3, 0.4) is 0 Å². The lowest BCUT2D eigenvalue weighted by Gasteiger charge is -2.16. The monoisotopic (exact) mass is 696 g/mol. The maximum Gasteiger partial charge on any atom is 0.270 e. The summed E-state index contributed by atoms with van der Waals surface area (Å²) >= 11 is 8.91. The van der Waals surface area contributed by atoms with Gasteiger partial charge in [-0.1, -0.05) is 60.4 Å². The molecule has 0 unspecified atom stereocenters. The summed E-state index contributed by atoms with van der Waals surface area (Å²) in [4.78, 5) is 28.1. The number of carbonyl (C=O) groups excluding carboxylic acids is 2. The predicted molar refractivity (Wildman–Crippen MR) is 173 cm³/mol. The Morgan fingerprint density at radius 1 is 1.05 bits per heavy atom. The highest BCUT2D eigenvalue weighted by molar-refractivity contribution is 14.1. The third-order valence-corrected chi connectivity index (χ3v) is 8.14. The van der Waals surface area contributed by atoms with Crippen molar-refractivity contribution in [1.82, 2.24) is 0 Å². The Hall–Kier alpha value is -3.74. The van der Waals surface area contributed by atoms with Gasteiger partial charge in [0.1, 0.15) is 12.4 Å². The van der Waals surface area contributed by atoms with Crippen LogP contribution in [-0.4, -0.2) is 23.2 Å². The Bertz CT molecular complexity index is 1660. The van der Waals surface area contributed by atoms with Gasteiger partial charge in [0, 0.05) is 11.3 Å². The number of thiocarbonyl (C=S) groups is 1. The minimum atomic E-state index is -0.395. The Morgan fingerprint density at radius 3 is 2.54 bits per heavy atom. The van der Waals surface area contributed by atoms with Gasteiger partial charge in [-0.05, 0) is 94.4 Å². The van der Waals surface area contributed by atoms with E-state index in [1.165, 1.54) is 40.9 Å². The molecule has 4 aromatic carbocycles. The molecule has 1 saturated heterocycles. The Labute approximate surface area is 259 Å². The number of methoxy groups -OCH3 is 1. The number of amides is 2. The number of rotatable bonds is 8. The summed E-state index contributed by atoms with van der Waals surface area (Å²) in [6.07, 6.45) is 1.76. The van der Waals surface area contributed by atoms with Crippen LogP contribution in [0, 0.1) is 9.39 Å². The maximum atomic E-state index is 13.4. The van der Waals surface area contributed by atoms with Crippen LogP contribution < -0.4 is 19.7 Å². The van der Waals surface area contributed by atoms with Crippen molar-refractivity contribution in [3.05, 3.63) is 122 Å². The standard InChI is InChI=1S/C31H22FIN2O4S2/c1-38-26-15-20(14-25(33)28(26)39-18-19-6-3-2-4-7-19)16-27-30(37)35(31(40)41-27)24-9-5-8-21(17-24)29(36)34-23-12-10-22(32)11-13-23/h2-17H,18H2,1H3,(H,34,36)/b27-16+. The van der Waals surface area contributed by atoms with E-state index in [0.717, 1.165) is 14.7 Å². The van der Waals surface area contributed by atoms with Gasteiger partial charge in [0.25, 0.3) is 11.8 Å². The van der Waals surface area contributed by atoms with Gasteiger partial charge in [-0.3, -0.25) is 14.5 Å². The van der Waals surface area contributed by atoms with Crippen molar-refractivity contribution in [3.63, 3.8) is 0 Å². The number of nitrogens with one attached hydrogen (secondary N) is 1. The van der Waals surface area contributed by atoms with Gasteiger partial charge in [0.05, 0.1) is 21.3 Å². The van der Waals surface area contributed by atoms with Crippen molar-refractivity contribution in [2.75, 3.05) is 17.3 Å². The van der Waals surface area contributed by atoms with Crippen molar-refractivity contribution >= 4 is 80.2 Å². The van der Waals surface area contributed by atoms with E-state index in [1.807, 2.05) is 42.5 Å². The van der Waals surface area contributed by atoms with E-state index in [9.17, 15) is 14.0 Å². The highest BCUT2D eigenvalue weighted by Crippen LogP contribution is 2.39. The van der Waals surface area contributed by atoms with Crippen molar-refractivity contribution in [3.8, 4) is 11.5 Å². The fourth-order valence-electron chi connectivity index (χ4n) is 4.06. The molecule has 206 valence electrons. The highest BCUT2D eigenvalue weighted by Gasteiger charge is 2.33. The lowest BCUT2D eigenvalue weighted by atomic mass is 10.1. The summed E-state index contributed by atoms with van der Waals surface area (Å²) in [5.41, 5.74) is 3.05. The maximum absolute atomic E-state index is 13.4. The largest absolute Gasteiger partial charge is 0.493 e. The van der Waals surface area contributed by atoms with Crippen LogP contribution in [0.15, 0.2) is 95.9 Å². The molecule has 1 heterocycles.